The van der Waals surface area contributed by atoms with Crippen LogP contribution >= 0.6 is 0 Å². The number of pyridine rings is 1. The van der Waals surface area contributed by atoms with Gasteiger partial charge >= 0.3 is 0 Å². The first-order valence-corrected chi connectivity index (χ1v) is 8.07. The van der Waals surface area contributed by atoms with Crippen LogP contribution in [0.5, 0.6) is 0 Å². The number of fused-ring (bicyclic) bond motifs is 1. The Balaban J connectivity index is 1.43. The Labute approximate surface area is 135 Å². The van der Waals surface area contributed by atoms with Crippen molar-refractivity contribution < 1.29 is 9.47 Å². The fourth-order valence-corrected chi connectivity index (χ4v) is 3.47. The molecule has 0 spiro atoms. The van der Waals surface area contributed by atoms with E-state index in [1.54, 1.807) is 18.6 Å². The number of rotatable bonds is 4. The molecule has 2 aromatic rings. The minimum atomic E-state index is 0.0872. The van der Waals surface area contributed by atoms with Crippen molar-refractivity contribution in [3.05, 3.63) is 48.5 Å². The molecule has 3 heterocycles. The average molecular weight is 312 g/mol. The number of aromatic nitrogens is 3. The Morgan fingerprint density at radius 3 is 2.91 bits per heavy atom. The van der Waals surface area contributed by atoms with E-state index in [2.05, 4.69) is 19.9 Å². The Hall–Kier alpha value is -2.05. The van der Waals surface area contributed by atoms with Gasteiger partial charge in [0.25, 0.3) is 0 Å². The van der Waals surface area contributed by atoms with Gasteiger partial charge in [-0.1, -0.05) is 6.07 Å². The molecule has 2 aliphatic rings. The third-order valence-electron chi connectivity index (χ3n) is 4.53. The zero-order valence-electron chi connectivity index (χ0n) is 12.9. The van der Waals surface area contributed by atoms with E-state index in [-0.39, 0.29) is 12.2 Å². The third kappa shape index (κ3) is 3.04. The number of anilines is 1. The van der Waals surface area contributed by atoms with Gasteiger partial charge in [-0.05, 0) is 30.5 Å². The summed E-state index contributed by atoms with van der Waals surface area (Å²) < 4.78 is 12.1. The van der Waals surface area contributed by atoms with Crippen LogP contribution in [0.2, 0.25) is 0 Å². The highest BCUT2D eigenvalue weighted by Crippen LogP contribution is 2.34. The molecule has 23 heavy (non-hydrogen) atoms. The van der Waals surface area contributed by atoms with Gasteiger partial charge in [-0.2, -0.15) is 0 Å². The second-order valence-electron chi connectivity index (χ2n) is 5.93. The third-order valence-corrected chi connectivity index (χ3v) is 4.53. The first-order chi connectivity index (χ1) is 11.4. The maximum Gasteiger partial charge on any atom is 0.225 e. The molecule has 0 amide bonds. The molecule has 1 aliphatic heterocycles. The Morgan fingerprint density at radius 1 is 1.17 bits per heavy atom. The van der Waals surface area contributed by atoms with E-state index in [0.29, 0.717) is 19.3 Å². The minimum Gasteiger partial charge on any atom is -0.372 e. The molecule has 2 fully saturated rings. The van der Waals surface area contributed by atoms with Gasteiger partial charge in [0.05, 0.1) is 25.4 Å². The lowest BCUT2D eigenvalue weighted by Gasteiger charge is -2.39. The topological polar surface area (TPSA) is 60.4 Å². The van der Waals surface area contributed by atoms with Crippen molar-refractivity contribution in [2.75, 3.05) is 18.1 Å². The summed E-state index contributed by atoms with van der Waals surface area (Å²) in [6.45, 7) is 2.10. The van der Waals surface area contributed by atoms with Crippen LogP contribution in [0.25, 0.3) is 0 Å². The minimum absolute atomic E-state index is 0.0872. The monoisotopic (exact) mass is 312 g/mol. The smallest absolute Gasteiger partial charge is 0.225 e. The van der Waals surface area contributed by atoms with E-state index >= 15 is 0 Å². The fraction of sp³-hybridized carbons (Fsp3) is 0.471. The van der Waals surface area contributed by atoms with Crippen LogP contribution in [0.1, 0.15) is 18.4 Å². The molecule has 4 rings (SSSR count). The van der Waals surface area contributed by atoms with Gasteiger partial charge in [0.2, 0.25) is 5.95 Å². The van der Waals surface area contributed by atoms with Crippen LogP contribution in [0.4, 0.5) is 5.95 Å². The number of nitrogens with zero attached hydrogens (tertiary/aromatic N) is 4. The number of ether oxygens (including phenoxy) is 2. The maximum atomic E-state index is 6.11. The predicted octanol–water partition coefficient (Wildman–Crippen LogP) is 1.82. The van der Waals surface area contributed by atoms with Gasteiger partial charge < -0.3 is 14.4 Å². The quantitative estimate of drug-likeness (QED) is 0.858. The van der Waals surface area contributed by atoms with E-state index in [4.69, 9.17) is 9.47 Å². The van der Waals surface area contributed by atoms with Crippen LogP contribution in [0.15, 0.2) is 43.0 Å². The number of hydrogen-bond donors (Lipinski definition) is 0. The molecule has 0 radical (unpaired) electrons. The summed E-state index contributed by atoms with van der Waals surface area (Å²) in [6, 6.07) is 6.10. The molecule has 0 bridgehead atoms. The molecule has 1 saturated carbocycles. The fourth-order valence-electron chi connectivity index (χ4n) is 3.47. The maximum absolute atomic E-state index is 6.11. The normalized spacial score (nSPS) is 27.0. The highest BCUT2D eigenvalue weighted by molar-refractivity contribution is 5.33. The summed E-state index contributed by atoms with van der Waals surface area (Å²) in [6.07, 6.45) is 9.45. The van der Waals surface area contributed by atoms with E-state index < -0.39 is 0 Å². The molecular formula is C17H20N4O2. The van der Waals surface area contributed by atoms with E-state index in [1.807, 2.05) is 24.4 Å². The van der Waals surface area contributed by atoms with Gasteiger partial charge in [-0.15, -0.1) is 0 Å². The van der Waals surface area contributed by atoms with Crippen molar-refractivity contribution in [2.24, 2.45) is 0 Å². The molecule has 1 aliphatic carbocycles. The average Bonchev–Trinajstić information content (AvgIpc) is 3.05. The summed E-state index contributed by atoms with van der Waals surface area (Å²) in [5, 5.41) is 0. The van der Waals surface area contributed by atoms with Crippen molar-refractivity contribution in [3.63, 3.8) is 0 Å². The lowest BCUT2D eigenvalue weighted by molar-refractivity contribution is -0.0773. The zero-order chi connectivity index (χ0) is 15.5. The summed E-state index contributed by atoms with van der Waals surface area (Å²) in [7, 11) is 0. The SMILES string of the molecule is c1cnc(N2CCO[C@H]3[C@H](OCc4cccnc4)CC[C@@H]32)nc1. The van der Waals surface area contributed by atoms with Crippen LogP contribution < -0.4 is 4.90 Å². The van der Waals surface area contributed by atoms with Crippen molar-refractivity contribution >= 4 is 5.95 Å². The van der Waals surface area contributed by atoms with Crippen LogP contribution in [-0.2, 0) is 16.1 Å². The van der Waals surface area contributed by atoms with Gasteiger partial charge in [0, 0.05) is 31.3 Å². The first kappa shape index (κ1) is 14.5. The Morgan fingerprint density at radius 2 is 2.09 bits per heavy atom. The zero-order valence-corrected chi connectivity index (χ0v) is 12.9. The van der Waals surface area contributed by atoms with Crippen LogP contribution in [-0.4, -0.2) is 46.4 Å². The summed E-state index contributed by atoms with van der Waals surface area (Å²) >= 11 is 0. The van der Waals surface area contributed by atoms with Crippen molar-refractivity contribution in [3.8, 4) is 0 Å². The van der Waals surface area contributed by atoms with Gasteiger partial charge in [0.15, 0.2) is 0 Å². The predicted molar refractivity (Wildman–Crippen MR) is 85.0 cm³/mol. The van der Waals surface area contributed by atoms with Crippen LogP contribution in [0, 0.1) is 0 Å². The standard InChI is InChI=1S/C17H20N4O2/c1-3-13(11-18-6-1)12-23-15-5-4-14-16(15)22-10-9-21(14)17-19-7-2-8-20-17/h1-3,6-8,11,14-16H,4-5,9-10,12H2/t14-,15+,16+/m0/s1. The summed E-state index contributed by atoms with van der Waals surface area (Å²) in [5.41, 5.74) is 1.09. The summed E-state index contributed by atoms with van der Waals surface area (Å²) in [5.74, 6) is 0.790. The molecule has 2 aromatic heterocycles. The number of hydrogen-bond acceptors (Lipinski definition) is 6. The van der Waals surface area contributed by atoms with Crippen LogP contribution in [0.3, 0.4) is 0 Å². The highest BCUT2D eigenvalue weighted by Gasteiger charge is 2.44. The van der Waals surface area contributed by atoms with E-state index in [0.717, 1.165) is 30.9 Å². The lowest BCUT2D eigenvalue weighted by Crippen LogP contribution is -2.52. The molecule has 0 unspecified atom stereocenters. The second kappa shape index (κ2) is 6.60. The molecular weight excluding hydrogens is 292 g/mol. The molecule has 1 saturated heterocycles. The molecule has 0 N–H and O–H groups in total. The van der Waals surface area contributed by atoms with Crippen molar-refractivity contribution in [1.82, 2.24) is 15.0 Å². The molecule has 6 heteroatoms. The van der Waals surface area contributed by atoms with Crippen molar-refractivity contribution in [1.29, 1.82) is 0 Å². The first-order valence-electron chi connectivity index (χ1n) is 8.07. The molecule has 120 valence electrons. The Kier molecular flexibility index (Phi) is 4.17. The summed E-state index contributed by atoms with van der Waals surface area (Å²) in [4.78, 5) is 15.2. The van der Waals surface area contributed by atoms with Gasteiger partial charge in [-0.3, -0.25) is 4.98 Å². The lowest BCUT2D eigenvalue weighted by atomic mass is 10.1. The second-order valence-corrected chi connectivity index (χ2v) is 5.93. The van der Waals surface area contributed by atoms with Gasteiger partial charge in [-0.25, -0.2) is 9.97 Å². The highest BCUT2D eigenvalue weighted by atomic mass is 16.5. The van der Waals surface area contributed by atoms with Crippen molar-refractivity contribution in [2.45, 2.75) is 37.7 Å². The molecule has 3 atom stereocenters. The Bertz CT molecular complexity index is 625. The number of morpholine rings is 1. The van der Waals surface area contributed by atoms with E-state index in [1.165, 1.54) is 0 Å². The van der Waals surface area contributed by atoms with E-state index in [9.17, 15) is 0 Å². The van der Waals surface area contributed by atoms with Gasteiger partial charge in [0.1, 0.15) is 6.10 Å². The largest absolute Gasteiger partial charge is 0.372 e. The molecule has 6 nitrogen and oxygen atoms in total. The molecule has 0 aromatic carbocycles.